The minimum atomic E-state index is 0. The van der Waals surface area contributed by atoms with E-state index in [1.807, 2.05) is 41.9 Å². The van der Waals surface area contributed by atoms with E-state index in [0.29, 0.717) is 6.54 Å². The normalized spacial score (nSPS) is 9.73. The summed E-state index contributed by atoms with van der Waals surface area (Å²) < 4.78 is 1.90. The Hall–Kier alpha value is -1.32. The second-order valence-corrected chi connectivity index (χ2v) is 3.25. The lowest BCUT2D eigenvalue weighted by molar-refractivity contribution is 0.846. The molecule has 0 fully saturated rings. The van der Waals surface area contributed by atoms with Crippen molar-refractivity contribution in [3.63, 3.8) is 0 Å². The number of aryl methyl sites for hydroxylation is 1. The van der Waals surface area contributed by atoms with Crippen molar-refractivity contribution in [3.05, 3.63) is 47.8 Å². The minimum Gasteiger partial charge on any atom is -0.326 e. The van der Waals surface area contributed by atoms with Crippen molar-refractivity contribution >= 4 is 12.4 Å². The highest BCUT2D eigenvalue weighted by atomic mass is 35.5. The predicted molar refractivity (Wildman–Crippen MR) is 63.4 cm³/mol. The molecular weight excluding hydrogens is 210 g/mol. The first kappa shape index (κ1) is 11.8. The molecule has 80 valence electrons. The summed E-state index contributed by atoms with van der Waals surface area (Å²) in [5.74, 6) is 0. The molecule has 4 heteroatoms. The number of halogens is 1. The number of benzene rings is 1. The molecular formula is C11H14ClN3. The molecule has 0 aliphatic heterocycles. The maximum Gasteiger partial charge on any atom is 0.0648 e. The van der Waals surface area contributed by atoms with Gasteiger partial charge in [-0.2, -0.15) is 5.10 Å². The Kier molecular flexibility index (Phi) is 3.88. The maximum absolute atomic E-state index is 5.53. The molecule has 0 aliphatic rings. The lowest BCUT2D eigenvalue weighted by atomic mass is 10.2. The molecule has 2 aromatic rings. The zero-order valence-corrected chi connectivity index (χ0v) is 9.37. The van der Waals surface area contributed by atoms with Crippen LogP contribution in [0, 0.1) is 6.92 Å². The zero-order chi connectivity index (χ0) is 9.97. The monoisotopic (exact) mass is 223 g/mol. The molecule has 0 saturated carbocycles. The highest BCUT2D eigenvalue weighted by Gasteiger charge is 1.99. The first-order valence-electron chi connectivity index (χ1n) is 4.61. The Morgan fingerprint density at radius 2 is 1.87 bits per heavy atom. The summed E-state index contributed by atoms with van der Waals surface area (Å²) in [7, 11) is 0. The third-order valence-corrected chi connectivity index (χ3v) is 2.25. The number of nitrogens with two attached hydrogens (primary N) is 1. The average molecular weight is 224 g/mol. The van der Waals surface area contributed by atoms with Crippen molar-refractivity contribution in [1.82, 2.24) is 9.78 Å². The third kappa shape index (κ3) is 2.37. The molecule has 2 rings (SSSR count). The summed E-state index contributed by atoms with van der Waals surface area (Å²) in [5.41, 5.74) is 8.87. The summed E-state index contributed by atoms with van der Waals surface area (Å²) in [6.07, 6.45) is 1.80. The van der Waals surface area contributed by atoms with E-state index in [-0.39, 0.29) is 12.4 Å². The Balaban J connectivity index is 0.00000112. The van der Waals surface area contributed by atoms with E-state index < -0.39 is 0 Å². The van der Waals surface area contributed by atoms with E-state index in [1.165, 1.54) is 0 Å². The van der Waals surface area contributed by atoms with Crippen LogP contribution in [-0.4, -0.2) is 9.78 Å². The number of hydrogen-bond donors (Lipinski definition) is 1. The van der Waals surface area contributed by atoms with Gasteiger partial charge in [-0.15, -0.1) is 12.4 Å². The molecule has 0 atom stereocenters. The molecule has 2 N–H and O–H groups in total. The van der Waals surface area contributed by atoms with Crippen molar-refractivity contribution in [2.45, 2.75) is 13.5 Å². The summed E-state index contributed by atoms with van der Waals surface area (Å²) in [5, 5.41) is 4.23. The van der Waals surface area contributed by atoms with Crippen LogP contribution in [0.25, 0.3) is 5.69 Å². The molecule has 0 saturated heterocycles. The van der Waals surface area contributed by atoms with Gasteiger partial charge in [0, 0.05) is 18.4 Å². The van der Waals surface area contributed by atoms with E-state index in [1.54, 1.807) is 6.20 Å². The highest BCUT2D eigenvalue weighted by molar-refractivity contribution is 5.85. The van der Waals surface area contributed by atoms with Crippen LogP contribution in [0.1, 0.15) is 11.3 Å². The molecule has 1 aromatic carbocycles. The lowest BCUT2D eigenvalue weighted by Crippen LogP contribution is -2.00. The van der Waals surface area contributed by atoms with Gasteiger partial charge in [0.05, 0.1) is 5.69 Å². The molecule has 0 radical (unpaired) electrons. The van der Waals surface area contributed by atoms with E-state index in [2.05, 4.69) is 5.10 Å². The number of aromatic nitrogens is 2. The van der Waals surface area contributed by atoms with Crippen LogP contribution in [0.4, 0.5) is 0 Å². The van der Waals surface area contributed by atoms with Gasteiger partial charge in [0.1, 0.15) is 0 Å². The first-order chi connectivity index (χ1) is 6.81. The maximum atomic E-state index is 5.53. The van der Waals surface area contributed by atoms with Crippen LogP contribution in [0.15, 0.2) is 36.5 Å². The smallest absolute Gasteiger partial charge is 0.0648 e. The van der Waals surface area contributed by atoms with Gasteiger partial charge in [0.25, 0.3) is 0 Å². The molecule has 15 heavy (non-hydrogen) atoms. The van der Waals surface area contributed by atoms with E-state index in [0.717, 1.165) is 16.9 Å². The Labute approximate surface area is 95.3 Å². The predicted octanol–water partition coefficient (Wildman–Crippen LogP) is 2.06. The van der Waals surface area contributed by atoms with Crippen LogP contribution < -0.4 is 5.73 Å². The quantitative estimate of drug-likeness (QED) is 0.847. The Morgan fingerprint density at radius 1 is 1.20 bits per heavy atom. The van der Waals surface area contributed by atoms with Crippen molar-refractivity contribution in [2.24, 2.45) is 5.73 Å². The van der Waals surface area contributed by atoms with Crippen molar-refractivity contribution in [3.8, 4) is 5.69 Å². The molecule has 0 spiro atoms. The van der Waals surface area contributed by atoms with Crippen molar-refractivity contribution in [2.75, 3.05) is 0 Å². The van der Waals surface area contributed by atoms with Gasteiger partial charge in [0.15, 0.2) is 0 Å². The van der Waals surface area contributed by atoms with Gasteiger partial charge < -0.3 is 5.73 Å². The molecule has 1 heterocycles. The molecule has 1 aromatic heterocycles. The highest BCUT2D eigenvalue weighted by Crippen LogP contribution is 2.10. The molecule has 0 amide bonds. The topological polar surface area (TPSA) is 43.8 Å². The SMILES string of the molecule is Cc1ccnn1-c1ccc(CN)cc1.Cl. The Bertz CT molecular complexity index is 420. The van der Waals surface area contributed by atoms with Crippen LogP contribution in [-0.2, 0) is 6.54 Å². The number of hydrogen-bond acceptors (Lipinski definition) is 2. The van der Waals surface area contributed by atoms with E-state index >= 15 is 0 Å². The second-order valence-electron chi connectivity index (χ2n) is 3.25. The fourth-order valence-electron chi connectivity index (χ4n) is 1.41. The van der Waals surface area contributed by atoms with E-state index in [4.69, 9.17) is 5.73 Å². The van der Waals surface area contributed by atoms with Crippen LogP contribution in [0.2, 0.25) is 0 Å². The van der Waals surface area contributed by atoms with Gasteiger partial charge >= 0.3 is 0 Å². The van der Waals surface area contributed by atoms with Crippen LogP contribution in [0.3, 0.4) is 0 Å². The summed E-state index contributed by atoms with van der Waals surface area (Å²) in [6.45, 7) is 2.61. The molecule has 0 unspecified atom stereocenters. The molecule has 0 aliphatic carbocycles. The first-order valence-corrected chi connectivity index (χ1v) is 4.61. The number of nitrogens with zero attached hydrogens (tertiary/aromatic N) is 2. The fraction of sp³-hybridized carbons (Fsp3) is 0.182. The standard InChI is InChI=1S/C11H13N3.ClH/c1-9-6-7-13-14(9)11-4-2-10(8-12)3-5-11;/h2-7H,8,12H2,1H3;1H. The van der Waals surface area contributed by atoms with Gasteiger partial charge in [-0.1, -0.05) is 12.1 Å². The molecule has 3 nitrogen and oxygen atoms in total. The Morgan fingerprint density at radius 3 is 2.33 bits per heavy atom. The van der Waals surface area contributed by atoms with Gasteiger partial charge in [-0.05, 0) is 30.7 Å². The largest absolute Gasteiger partial charge is 0.326 e. The molecule has 0 bridgehead atoms. The fourth-order valence-corrected chi connectivity index (χ4v) is 1.41. The van der Waals surface area contributed by atoms with Crippen LogP contribution in [0.5, 0.6) is 0 Å². The second kappa shape index (κ2) is 4.96. The third-order valence-electron chi connectivity index (χ3n) is 2.25. The average Bonchev–Trinajstić information content (AvgIpc) is 2.65. The van der Waals surface area contributed by atoms with Gasteiger partial charge in [0.2, 0.25) is 0 Å². The zero-order valence-electron chi connectivity index (χ0n) is 8.55. The van der Waals surface area contributed by atoms with Crippen LogP contribution >= 0.6 is 12.4 Å². The number of rotatable bonds is 2. The van der Waals surface area contributed by atoms with Crippen molar-refractivity contribution < 1.29 is 0 Å². The van der Waals surface area contributed by atoms with Gasteiger partial charge in [-0.25, -0.2) is 4.68 Å². The van der Waals surface area contributed by atoms with Crippen molar-refractivity contribution in [1.29, 1.82) is 0 Å². The minimum absolute atomic E-state index is 0. The summed E-state index contributed by atoms with van der Waals surface area (Å²) >= 11 is 0. The van der Waals surface area contributed by atoms with E-state index in [9.17, 15) is 0 Å². The van der Waals surface area contributed by atoms with Gasteiger partial charge in [-0.3, -0.25) is 0 Å². The lowest BCUT2D eigenvalue weighted by Gasteiger charge is -2.04. The summed E-state index contributed by atoms with van der Waals surface area (Å²) in [4.78, 5) is 0. The summed E-state index contributed by atoms with van der Waals surface area (Å²) in [6, 6.07) is 10.1.